The molecule has 0 radical (unpaired) electrons. The number of carbonyl (C=O) groups excluding carboxylic acids is 3. The SMILES string of the molecule is COc1ccnc(C(=O)N[C@@H](C)C(=O)OC(C)=C(c2ccc(Cl)cc2)c2ccc(Cl)cc2)c1OC(=O)CCSC. The monoisotopic (exact) mass is 602 g/mol. The predicted octanol–water partition coefficient (Wildman–Crippen LogP) is 6.20. The summed E-state index contributed by atoms with van der Waals surface area (Å²) in [7, 11) is 1.38. The Morgan fingerprint density at radius 2 is 1.55 bits per heavy atom. The Morgan fingerprint density at radius 1 is 0.975 bits per heavy atom. The number of allylic oxidation sites excluding steroid dienone is 1. The number of hydrogen-bond acceptors (Lipinski definition) is 8. The van der Waals surface area contributed by atoms with E-state index in [4.69, 9.17) is 37.4 Å². The van der Waals surface area contributed by atoms with Gasteiger partial charge in [-0.25, -0.2) is 9.78 Å². The third-order valence-electron chi connectivity index (χ3n) is 5.60. The molecule has 0 spiro atoms. The number of aromatic nitrogens is 1. The molecule has 0 unspecified atom stereocenters. The molecule has 1 atom stereocenters. The van der Waals surface area contributed by atoms with E-state index in [-0.39, 0.29) is 23.6 Å². The van der Waals surface area contributed by atoms with Crippen LogP contribution in [0.1, 0.15) is 41.9 Å². The minimum absolute atomic E-state index is 0.127. The van der Waals surface area contributed by atoms with Crippen LogP contribution < -0.4 is 14.8 Å². The number of pyridine rings is 1. The third kappa shape index (κ3) is 8.24. The number of thioether (sulfide) groups is 1. The topological polar surface area (TPSA) is 104 Å². The lowest BCUT2D eigenvalue weighted by atomic mass is 9.97. The van der Waals surface area contributed by atoms with E-state index in [9.17, 15) is 14.4 Å². The number of nitrogens with zero attached hydrogens (tertiary/aromatic N) is 1. The van der Waals surface area contributed by atoms with Crippen LogP contribution >= 0.6 is 35.0 Å². The van der Waals surface area contributed by atoms with Crippen molar-refractivity contribution in [2.24, 2.45) is 0 Å². The molecule has 1 heterocycles. The molecule has 8 nitrogen and oxygen atoms in total. The second-order valence-corrected chi connectivity index (χ2v) is 10.3. The number of carbonyl (C=O) groups is 3. The molecule has 0 bridgehead atoms. The minimum Gasteiger partial charge on any atom is -0.493 e. The molecule has 3 rings (SSSR count). The van der Waals surface area contributed by atoms with E-state index >= 15 is 0 Å². The number of benzene rings is 2. The molecular weight excluding hydrogens is 575 g/mol. The van der Waals surface area contributed by atoms with E-state index in [1.165, 1.54) is 38.1 Å². The van der Waals surface area contributed by atoms with Gasteiger partial charge in [-0.15, -0.1) is 0 Å². The largest absolute Gasteiger partial charge is 0.493 e. The smallest absolute Gasteiger partial charge is 0.333 e. The molecule has 3 aromatic rings. The minimum atomic E-state index is -1.08. The van der Waals surface area contributed by atoms with E-state index in [2.05, 4.69) is 10.3 Å². The Labute approximate surface area is 247 Å². The second-order valence-electron chi connectivity index (χ2n) is 8.47. The van der Waals surface area contributed by atoms with Crippen molar-refractivity contribution in [1.29, 1.82) is 0 Å². The van der Waals surface area contributed by atoms with Gasteiger partial charge in [-0.05, 0) is 55.5 Å². The van der Waals surface area contributed by atoms with Crippen LogP contribution in [0, 0.1) is 0 Å². The van der Waals surface area contributed by atoms with E-state index in [0.717, 1.165) is 11.1 Å². The maximum absolute atomic E-state index is 13.1. The number of ether oxygens (including phenoxy) is 3. The maximum atomic E-state index is 13.1. The zero-order valence-electron chi connectivity index (χ0n) is 22.3. The molecule has 0 fully saturated rings. The van der Waals surface area contributed by atoms with Crippen LogP contribution in [-0.2, 0) is 14.3 Å². The third-order valence-corrected chi connectivity index (χ3v) is 6.72. The summed E-state index contributed by atoms with van der Waals surface area (Å²) in [6, 6.07) is 14.6. The van der Waals surface area contributed by atoms with Crippen LogP contribution in [-0.4, -0.2) is 48.0 Å². The van der Waals surface area contributed by atoms with Gasteiger partial charge in [-0.1, -0.05) is 47.5 Å². The van der Waals surface area contributed by atoms with Crippen molar-refractivity contribution in [2.75, 3.05) is 19.1 Å². The van der Waals surface area contributed by atoms with E-state index < -0.39 is 23.9 Å². The highest BCUT2D eigenvalue weighted by Gasteiger charge is 2.26. The molecule has 0 saturated carbocycles. The predicted molar refractivity (Wildman–Crippen MR) is 157 cm³/mol. The second kappa shape index (κ2) is 14.7. The van der Waals surface area contributed by atoms with Crippen LogP contribution in [0.4, 0.5) is 0 Å². The lowest BCUT2D eigenvalue weighted by Crippen LogP contribution is -2.40. The number of nitrogens with one attached hydrogen (secondary N) is 1. The Hall–Kier alpha value is -3.53. The molecule has 40 heavy (non-hydrogen) atoms. The van der Waals surface area contributed by atoms with Crippen LogP contribution in [0.3, 0.4) is 0 Å². The standard InChI is InChI=1S/C29H28Cl2N2O6S/c1-17(33-28(35)26-27(23(37-3)13-15-32-26)39-24(34)14-16-40-4)29(36)38-18(2)25(19-5-9-21(30)10-6-19)20-7-11-22(31)12-8-20/h5-13,15,17H,14,16H2,1-4H3,(H,33,35)/t17-/m0/s1. The van der Waals surface area contributed by atoms with E-state index in [1.807, 2.05) is 30.5 Å². The summed E-state index contributed by atoms with van der Waals surface area (Å²) in [4.78, 5) is 42.5. The lowest BCUT2D eigenvalue weighted by molar-refractivity contribution is -0.141. The van der Waals surface area contributed by atoms with Crippen molar-refractivity contribution >= 4 is 58.4 Å². The Bertz CT molecular complexity index is 1350. The number of methoxy groups -OCH3 is 1. The highest BCUT2D eigenvalue weighted by Crippen LogP contribution is 2.31. The molecule has 210 valence electrons. The number of hydrogen-bond donors (Lipinski definition) is 1. The first kappa shape index (κ1) is 31.0. The average molecular weight is 604 g/mol. The van der Waals surface area contributed by atoms with Gasteiger partial charge in [0.1, 0.15) is 11.8 Å². The molecule has 0 aliphatic heterocycles. The highest BCUT2D eigenvalue weighted by molar-refractivity contribution is 7.98. The number of rotatable bonds is 11. The van der Waals surface area contributed by atoms with E-state index in [1.54, 1.807) is 31.2 Å². The first-order valence-electron chi connectivity index (χ1n) is 12.1. The first-order chi connectivity index (χ1) is 19.1. The zero-order chi connectivity index (χ0) is 29.2. The molecule has 0 saturated heterocycles. The molecule has 2 aromatic carbocycles. The highest BCUT2D eigenvalue weighted by atomic mass is 35.5. The molecule has 0 aliphatic carbocycles. The molecule has 0 aliphatic rings. The van der Waals surface area contributed by atoms with Gasteiger partial charge in [0.2, 0.25) is 5.75 Å². The first-order valence-corrected chi connectivity index (χ1v) is 14.3. The summed E-state index contributed by atoms with van der Waals surface area (Å²) in [5, 5.41) is 3.68. The van der Waals surface area contributed by atoms with Crippen molar-refractivity contribution in [3.63, 3.8) is 0 Å². The van der Waals surface area contributed by atoms with Crippen molar-refractivity contribution < 1.29 is 28.6 Å². The Morgan fingerprint density at radius 3 is 2.08 bits per heavy atom. The fraction of sp³-hybridized carbons (Fsp3) is 0.241. The molecule has 1 N–H and O–H groups in total. The van der Waals surface area contributed by atoms with Crippen molar-refractivity contribution in [3.05, 3.63) is 93.4 Å². The van der Waals surface area contributed by atoms with Crippen LogP contribution in [0.25, 0.3) is 5.57 Å². The summed E-state index contributed by atoms with van der Waals surface area (Å²) in [5.41, 5.74) is 1.98. The van der Waals surface area contributed by atoms with Gasteiger partial charge in [-0.3, -0.25) is 9.59 Å². The Kier molecular flexibility index (Phi) is 11.4. The molecular formula is C29H28Cl2N2O6S. The lowest BCUT2D eigenvalue weighted by Gasteiger charge is -2.18. The van der Waals surface area contributed by atoms with Gasteiger partial charge in [0.05, 0.1) is 13.5 Å². The van der Waals surface area contributed by atoms with Gasteiger partial charge in [-0.2, -0.15) is 11.8 Å². The quantitative estimate of drug-likeness (QED) is 0.204. The van der Waals surface area contributed by atoms with E-state index in [0.29, 0.717) is 27.1 Å². The van der Waals surface area contributed by atoms with Gasteiger partial charge in [0, 0.05) is 33.6 Å². The van der Waals surface area contributed by atoms with Gasteiger partial charge in [0.15, 0.2) is 11.4 Å². The fourth-order valence-electron chi connectivity index (χ4n) is 3.62. The fourth-order valence-corrected chi connectivity index (χ4v) is 4.25. The number of amides is 1. The van der Waals surface area contributed by atoms with Crippen molar-refractivity contribution in [1.82, 2.24) is 10.3 Å². The summed E-state index contributed by atoms with van der Waals surface area (Å²) in [5.74, 6) is -1.12. The average Bonchev–Trinajstić information content (AvgIpc) is 2.94. The van der Waals surface area contributed by atoms with Crippen molar-refractivity contribution in [2.45, 2.75) is 26.3 Å². The normalized spacial score (nSPS) is 11.2. The summed E-state index contributed by atoms with van der Waals surface area (Å²) < 4.78 is 16.3. The summed E-state index contributed by atoms with van der Waals surface area (Å²) in [6.07, 6.45) is 3.34. The maximum Gasteiger partial charge on any atom is 0.333 e. The molecule has 1 aromatic heterocycles. The molecule has 1 amide bonds. The van der Waals surface area contributed by atoms with Crippen molar-refractivity contribution in [3.8, 4) is 11.5 Å². The van der Waals surface area contributed by atoms with Gasteiger partial charge in [0.25, 0.3) is 5.91 Å². The number of halogens is 2. The van der Waals surface area contributed by atoms with Gasteiger partial charge < -0.3 is 19.5 Å². The summed E-state index contributed by atoms with van der Waals surface area (Å²) in [6.45, 7) is 3.13. The number of esters is 2. The summed E-state index contributed by atoms with van der Waals surface area (Å²) >= 11 is 13.6. The zero-order valence-corrected chi connectivity index (χ0v) is 24.7. The van der Waals surface area contributed by atoms with Gasteiger partial charge >= 0.3 is 11.9 Å². The van der Waals surface area contributed by atoms with Crippen LogP contribution in [0.5, 0.6) is 11.5 Å². The van der Waals surface area contributed by atoms with Crippen LogP contribution in [0.15, 0.2) is 66.6 Å². The van der Waals surface area contributed by atoms with Crippen LogP contribution in [0.2, 0.25) is 10.0 Å². The molecule has 11 heteroatoms. The Balaban J connectivity index is 1.83.